The maximum atomic E-state index is 10.2. The molecule has 0 N–H and O–H groups in total. The first-order valence-electron chi connectivity index (χ1n) is 15.2. The Labute approximate surface area is 222 Å². The van der Waals surface area contributed by atoms with Crippen molar-refractivity contribution in [3.05, 3.63) is 0 Å². The van der Waals surface area contributed by atoms with Gasteiger partial charge in [-0.05, 0) is 12.8 Å². The molecule has 0 saturated carbocycles. The topological polar surface area (TPSA) is 40.1 Å². The SMILES string of the molecule is CCCCCCCCCCCCCCCCCC(=O)[O-].CCCCCCCCCCC[CH2][Mg+]. The van der Waals surface area contributed by atoms with Crippen LogP contribution in [0.1, 0.15) is 181 Å². The van der Waals surface area contributed by atoms with E-state index in [1.165, 1.54) is 152 Å². The van der Waals surface area contributed by atoms with Gasteiger partial charge in [0.05, 0.1) is 0 Å². The van der Waals surface area contributed by atoms with Crippen LogP contribution in [-0.4, -0.2) is 27.7 Å². The van der Waals surface area contributed by atoms with Gasteiger partial charge in [-0.25, -0.2) is 0 Å². The van der Waals surface area contributed by atoms with Crippen molar-refractivity contribution in [3.8, 4) is 0 Å². The second-order valence-electron chi connectivity index (χ2n) is 10.1. The summed E-state index contributed by atoms with van der Waals surface area (Å²) in [5.74, 6) is -0.903. The zero-order valence-electron chi connectivity index (χ0n) is 23.1. The molecule has 0 heterocycles. The molecule has 0 aromatic rings. The third kappa shape index (κ3) is 39.7. The third-order valence-corrected chi connectivity index (χ3v) is 7.09. The van der Waals surface area contributed by atoms with Crippen LogP contribution in [0.2, 0.25) is 4.55 Å². The summed E-state index contributed by atoms with van der Waals surface area (Å²) in [7, 11) is 0. The van der Waals surface area contributed by atoms with Gasteiger partial charge in [-0.2, -0.15) is 0 Å². The molecule has 0 rings (SSSR count). The van der Waals surface area contributed by atoms with Crippen LogP contribution in [0.25, 0.3) is 0 Å². The zero-order chi connectivity index (χ0) is 24.7. The van der Waals surface area contributed by atoms with Crippen molar-refractivity contribution in [2.24, 2.45) is 0 Å². The molecule has 0 radical (unpaired) electrons. The molecule has 0 unspecified atom stereocenters. The molecule has 0 aliphatic carbocycles. The van der Waals surface area contributed by atoms with E-state index in [-0.39, 0.29) is 6.42 Å². The van der Waals surface area contributed by atoms with E-state index in [1.807, 2.05) is 0 Å². The fraction of sp³-hybridized carbons (Fsp3) is 0.967. The number of aliphatic carboxylic acids is 1. The average Bonchev–Trinajstić information content (AvgIpc) is 2.81. The van der Waals surface area contributed by atoms with Crippen molar-refractivity contribution >= 4 is 27.7 Å². The van der Waals surface area contributed by atoms with Crippen LogP contribution in [0.5, 0.6) is 0 Å². The van der Waals surface area contributed by atoms with Crippen molar-refractivity contribution in [1.29, 1.82) is 0 Å². The van der Waals surface area contributed by atoms with Gasteiger partial charge in [-0.3, -0.25) is 0 Å². The fourth-order valence-corrected chi connectivity index (χ4v) is 4.66. The van der Waals surface area contributed by atoms with Gasteiger partial charge >= 0.3 is 97.4 Å². The second-order valence-corrected chi connectivity index (χ2v) is 10.8. The summed E-state index contributed by atoms with van der Waals surface area (Å²) in [4.78, 5) is 10.2. The Balaban J connectivity index is 0. The summed E-state index contributed by atoms with van der Waals surface area (Å²) < 4.78 is 1.40. The molecule has 0 fully saturated rings. The maximum absolute atomic E-state index is 10.2. The molecule has 194 valence electrons. The van der Waals surface area contributed by atoms with E-state index in [0.717, 1.165) is 12.8 Å². The number of unbranched alkanes of at least 4 members (excludes halogenated alkanes) is 23. The molecule has 2 nitrogen and oxygen atoms in total. The molecule has 0 aliphatic rings. The van der Waals surface area contributed by atoms with Gasteiger partial charge in [0.15, 0.2) is 0 Å². The van der Waals surface area contributed by atoms with E-state index >= 15 is 0 Å². The molecular formula is C30H60MgO2. The third-order valence-electron chi connectivity index (χ3n) is 6.59. The predicted molar refractivity (Wildman–Crippen MR) is 147 cm³/mol. The molecule has 0 atom stereocenters. The Kier molecular flexibility index (Phi) is 36.9. The molecule has 0 aromatic heterocycles. The Morgan fingerprint density at radius 3 is 0.939 bits per heavy atom. The number of hydrogen-bond acceptors (Lipinski definition) is 2. The number of carbonyl (C=O) groups excluding carboxylic acids is 1. The zero-order valence-corrected chi connectivity index (χ0v) is 24.5. The number of hydrogen-bond donors (Lipinski definition) is 0. The quantitative estimate of drug-likeness (QED) is 0.0920. The van der Waals surface area contributed by atoms with Crippen molar-refractivity contribution in [3.63, 3.8) is 0 Å². The van der Waals surface area contributed by atoms with Gasteiger partial charge in [0, 0.05) is 5.97 Å². The summed E-state index contributed by atoms with van der Waals surface area (Å²) in [5.41, 5.74) is 0. The normalized spacial score (nSPS) is 10.8. The Bertz CT molecular complexity index is 336. The Morgan fingerprint density at radius 1 is 0.455 bits per heavy atom. The van der Waals surface area contributed by atoms with Gasteiger partial charge < -0.3 is 9.90 Å². The molecule has 0 spiro atoms. The van der Waals surface area contributed by atoms with E-state index < -0.39 is 5.97 Å². The van der Waals surface area contributed by atoms with Gasteiger partial charge in [0.2, 0.25) is 0 Å². The summed E-state index contributed by atoms with van der Waals surface area (Å²) in [6.07, 6.45) is 34.5. The number of rotatable bonds is 26. The van der Waals surface area contributed by atoms with Gasteiger partial charge in [0.25, 0.3) is 0 Å². The molecule has 3 heteroatoms. The van der Waals surface area contributed by atoms with E-state index in [9.17, 15) is 9.90 Å². The van der Waals surface area contributed by atoms with Crippen LogP contribution < -0.4 is 5.11 Å². The molecule has 0 bridgehead atoms. The van der Waals surface area contributed by atoms with Crippen molar-refractivity contribution in [2.75, 3.05) is 0 Å². The first-order chi connectivity index (χ1) is 16.2. The first-order valence-corrected chi connectivity index (χ1v) is 16.2. The summed E-state index contributed by atoms with van der Waals surface area (Å²) in [5, 5.41) is 10.2. The molecule has 0 aromatic carbocycles. The van der Waals surface area contributed by atoms with Gasteiger partial charge in [0.1, 0.15) is 0 Å². The van der Waals surface area contributed by atoms with Gasteiger partial charge in [-0.1, -0.05) is 96.8 Å². The minimum absolute atomic E-state index is 0.234. The first kappa shape index (κ1) is 35.4. The summed E-state index contributed by atoms with van der Waals surface area (Å²) in [6.45, 7) is 4.55. The predicted octanol–water partition coefficient (Wildman–Crippen LogP) is 9.49. The standard InChI is InChI=1S/C18H36O2.C12H25.Mg/c1-2-3-4-5-6-7-8-9-10-11-12-13-14-15-16-17-18(19)20;1-3-5-7-9-11-12-10-8-6-4-2;/h2-17H2,1H3,(H,19,20);1,3-12H2,2H3;/q;;+1/p-1. The van der Waals surface area contributed by atoms with Crippen LogP contribution in [0, 0.1) is 0 Å². The number of carboxylic acid groups (broad SMARTS) is 1. The van der Waals surface area contributed by atoms with E-state index in [4.69, 9.17) is 0 Å². The van der Waals surface area contributed by atoms with Crippen LogP contribution >= 0.6 is 0 Å². The fourth-order valence-electron chi connectivity index (χ4n) is 4.30. The van der Waals surface area contributed by atoms with Gasteiger partial charge in [-0.15, -0.1) is 0 Å². The molecular weight excluding hydrogens is 417 g/mol. The number of carboxylic acids is 1. The van der Waals surface area contributed by atoms with Crippen LogP contribution in [0.15, 0.2) is 0 Å². The van der Waals surface area contributed by atoms with E-state index in [2.05, 4.69) is 35.6 Å². The molecule has 33 heavy (non-hydrogen) atoms. The second kappa shape index (κ2) is 34.4. The minimum atomic E-state index is -0.903. The molecule has 0 aliphatic heterocycles. The number of carbonyl (C=O) groups is 1. The summed E-state index contributed by atoms with van der Waals surface area (Å²) in [6, 6.07) is 0. The Hall–Kier alpha value is 0.236. The molecule has 0 saturated heterocycles. The van der Waals surface area contributed by atoms with Crippen LogP contribution in [0.4, 0.5) is 0 Å². The Morgan fingerprint density at radius 2 is 0.697 bits per heavy atom. The summed E-state index contributed by atoms with van der Waals surface area (Å²) >= 11 is 2.11. The van der Waals surface area contributed by atoms with Crippen molar-refractivity contribution < 1.29 is 9.90 Å². The monoisotopic (exact) mass is 476 g/mol. The van der Waals surface area contributed by atoms with E-state index in [0.29, 0.717) is 0 Å². The van der Waals surface area contributed by atoms with Crippen LogP contribution in [-0.2, 0) is 4.79 Å². The molecule has 0 amide bonds. The average molecular weight is 477 g/mol. The van der Waals surface area contributed by atoms with E-state index in [1.54, 1.807) is 0 Å². The van der Waals surface area contributed by atoms with Crippen LogP contribution in [0.3, 0.4) is 0 Å². The van der Waals surface area contributed by atoms with Crippen molar-refractivity contribution in [2.45, 2.75) is 185 Å². The van der Waals surface area contributed by atoms with Crippen molar-refractivity contribution in [1.82, 2.24) is 0 Å².